The molecule has 0 fully saturated rings. The van der Waals surface area contributed by atoms with Crippen molar-refractivity contribution in [1.29, 1.82) is 0 Å². The van der Waals surface area contributed by atoms with Gasteiger partial charge in [0.05, 0.1) is 31.9 Å². The van der Waals surface area contributed by atoms with Gasteiger partial charge in [-0.15, -0.1) is 0 Å². The SMILES string of the molecule is COc1ccc(/C=N\NC(=O)CNC(=O)c2ccc(C)c([N+](=O)[O-])c2)c(OC)c1. The number of carbonyl (C=O) groups excluding carboxylic acids is 2. The number of hydrogen-bond donors (Lipinski definition) is 2. The summed E-state index contributed by atoms with van der Waals surface area (Å²) in [5.41, 5.74) is 3.25. The van der Waals surface area contributed by atoms with Crippen molar-refractivity contribution in [3.63, 3.8) is 0 Å². The third-order valence-electron chi connectivity index (χ3n) is 3.91. The molecular formula is C19H20N4O6. The van der Waals surface area contributed by atoms with Crippen LogP contribution in [0.2, 0.25) is 0 Å². The average molecular weight is 400 g/mol. The predicted molar refractivity (Wildman–Crippen MR) is 105 cm³/mol. The van der Waals surface area contributed by atoms with Crippen LogP contribution in [0.4, 0.5) is 5.69 Å². The lowest BCUT2D eigenvalue weighted by Gasteiger charge is -2.07. The summed E-state index contributed by atoms with van der Waals surface area (Å²) in [5.74, 6) is -0.0496. The van der Waals surface area contributed by atoms with Gasteiger partial charge in [-0.05, 0) is 25.1 Å². The first-order valence-corrected chi connectivity index (χ1v) is 8.43. The fourth-order valence-electron chi connectivity index (χ4n) is 2.35. The number of hydrogen-bond acceptors (Lipinski definition) is 7. The average Bonchev–Trinajstić information content (AvgIpc) is 2.72. The topological polar surface area (TPSA) is 132 Å². The Kier molecular flexibility index (Phi) is 7.24. The molecule has 2 amide bonds. The van der Waals surface area contributed by atoms with Gasteiger partial charge in [0.1, 0.15) is 11.5 Å². The summed E-state index contributed by atoms with van der Waals surface area (Å²) in [4.78, 5) is 34.3. The minimum atomic E-state index is -0.607. The quantitative estimate of drug-likeness (QED) is 0.394. The highest BCUT2D eigenvalue weighted by Crippen LogP contribution is 2.23. The number of nitro groups is 1. The number of amides is 2. The maximum absolute atomic E-state index is 12.1. The number of hydrazone groups is 1. The molecule has 2 rings (SSSR count). The molecule has 2 aromatic carbocycles. The summed E-state index contributed by atoms with van der Waals surface area (Å²) in [6.45, 7) is 1.22. The van der Waals surface area contributed by atoms with Gasteiger partial charge in [0.25, 0.3) is 17.5 Å². The number of carbonyl (C=O) groups is 2. The van der Waals surface area contributed by atoms with E-state index in [4.69, 9.17) is 9.47 Å². The number of rotatable bonds is 8. The molecular weight excluding hydrogens is 380 g/mol. The summed E-state index contributed by atoms with van der Waals surface area (Å²) in [6.07, 6.45) is 1.39. The van der Waals surface area contributed by atoms with Crippen molar-refractivity contribution < 1.29 is 24.0 Å². The Bertz CT molecular complexity index is 958. The first-order chi connectivity index (χ1) is 13.8. The number of methoxy groups -OCH3 is 2. The zero-order chi connectivity index (χ0) is 21.4. The standard InChI is InChI=1S/C19H20N4O6/c1-12-4-5-13(8-16(12)23(26)27)19(25)20-11-18(24)22-21-10-14-6-7-15(28-2)9-17(14)29-3/h4-10H,11H2,1-3H3,(H,20,25)(H,22,24)/b21-10-. The zero-order valence-electron chi connectivity index (χ0n) is 16.1. The predicted octanol–water partition coefficient (Wildman–Crippen LogP) is 1.80. The van der Waals surface area contributed by atoms with Gasteiger partial charge in [-0.1, -0.05) is 6.07 Å². The van der Waals surface area contributed by atoms with Crippen LogP contribution in [0.5, 0.6) is 11.5 Å². The molecule has 0 aliphatic rings. The van der Waals surface area contributed by atoms with E-state index in [1.807, 2.05) is 0 Å². The van der Waals surface area contributed by atoms with Gasteiger partial charge in [0.2, 0.25) is 0 Å². The van der Waals surface area contributed by atoms with Gasteiger partial charge < -0.3 is 14.8 Å². The van der Waals surface area contributed by atoms with Crippen LogP contribution in [-0.4, -0.2) is 43.7 Å². The second-order valence-corrected chi connectivity index (χ2v) is 5.84. The lowest BCUT2D eigenvalue weighted by molar-refractivity contribution is -0.385. The highest BCUT2D eigenvalue weighted by Gasteiger charge is 2.15. The van der Waals surface area contributed by atoms with E-state index in [1.165, 1.54) is 32.6 Å². The van der Waals surface area contributed by atoms with Crippen molar-refractivity contribution in [3.8, 4) is 11.5 Å². The molecule has 0 radical (unpaired) electrons. The minimum Gasteiger partial charge on any atom is -0.497 e. The third-order valence-corrected chi connectivity index (χ3v) is 3.91. The third kappa shape index (κ3) is 5.76. The Morgan fingerprint density at radius 1 is 1.17 bits per heavy atom. The van der Waals surface area contributed by atoms with Crippen molar-refractivity contribution in [1.82, 2.24) is 10.7 Å². The highest BCUT2D eigenvalue weighted by atomic mass is 16.6. The van der Waals surface area contributed by atoms with Crippen LogP contribution in [0.1, 0.15) is 21.5 Å². The molecule has 10 nitrogen and oxygen atoms in total. The molecule has 0 spiro atoms. The minimum absolute atomic E-state index is 0.0848. The largest absolute Gasteiger partial charge is 0.497 e. The fourth-order valence-corrected chi connectivity index (χ4v) is 2.35. The Morgan fingerprint density at radius 3 is 2.59 bits per heavy atom. The number of nitrogens with one attached hydrogen (secondary N) is 2. The Hall–Kier alpha value is -3.95. The van der Waals surface area contributed by atoms with Crippen molar-refractivity contribution in [2.45, 2.75) is 6.92 Å². The van der Waals surface area contributed by atoms with Crippen LogP contribution >= 0.6 is 0 Å². The first kappa shape index (κ1) is 21.4. The van der Waals surface area contributed by atoms with Crippen molar-refractivity contribution in [2.24, 2.45) is 5.10 Å². The highest BCUT2D eigenvalue weighted by molar-refractivity contribution is 5.97. The summed E-state index contributed by atoms with van der Waals surface area (Å²) in [5, 5.41) is 17.2. The molecule has 2 N–H and O–H groups in total. The molecule has 2 aromatic rings. The molecule has 0 bridgehead atoms. The number of aryl methyl sites for hydroxylation is 1. The molecule has 0 unspecified atom stereocenters. The Labute approximate surface area is 166 Å². The van der Waals surface area contributed by atoms with E-state index in [1.54, 1.807) is 25.1 Å². The number of nitrogens with zero attached hydrogens (tertiary/aromatic N) is 2. The normalized spacial score (nSPS) is 10.4. The summed E-state index contributed by atoms with van der Waals surface area (Å²) >= 11 is 0. The lowest BCUT2D eigenvalue weighted by Crippen LogP contribution is -2.34. The van der Waals surface area contributed by atoms with Gasteiger partial charge in [0, 0.05) is 28.8 Å². The molecule has 0 aliphatic heterocycles. The van der Waals surface area contributed by atoms with Gasteiger partial charge in [-0.25, -0.2) is 5.43 Å². The van der Waals surface area contributed by atoms with E-state index in [2.05, 4.69) is 15.8 Å². The van der Waals surface area contributed by atoms with E-state index >= 15 is 0 Å². The summed E-state index contributed by atoms with van der Waals surface area (Å²) in [6, 6.07) is 9.18. The molecule has 0 aliphatic carbocycles. The van der Waals surface area contributed by atoms with E-state index in [9.17, 15) is 19.7 Å². The summed E-state index contributed by atoms with van der Waals surface area (Å²) in [7, 11) is 3.03. The number of nitro benzene ring substituents is 1. The molecule has 0 aromatic heterocycles. The van der Waals surface area contributed by atoms with Crippen molar-refractivity contribution >= 4 is 23.7 Å². The number of ether oxygens (including phenoxy) is 2. The molecule has 0 heterocycles. The van der Waals surface area contributed by atoms with E-state index < -0.39 is 16.7 Å². The van der Waals surface area contributed by atoms with Gasteiger partial charge in [-0.3, -0.25) is 19.7 Å². The van der Waals surface area contributed by atoms with Crippen molar-refractivity contribution in [2.75, 3.05) is 20.8 Å². The second-order valence-electron chi connectivity index (χ2n) is 5.84. The van der Waals surface area contributed by atoms with Crippen LogP contribution in [0.25, 0.3) is 0 Å². The number of benzene rings is 2. The lowest BCUT2D eigenvalue weighted by atomic mass is 10.1. The zero-order valence-corrected chi connectivity index (χ0v) is 16.1. The van der Waals surface area contributed by atoms with E-state index in [0.29, 0.717) is 22.6 Å². The molecule has 152 valence electrons. The summed E-state index contributed by atoms with van der Waals surface area (Å²) < 4.78 is 10.3. The molecule has 0 saturated carbocycles. The molecule has 0 saturated heterocycles. The van der Waals surface area contributed by atoms with Crippen molar-refractivity contribution in [3.05, 3.63) is 63.2 Å². The Morgan fingerprint density at radius 2 is 1.93 bits per heavy atom. The first-order valence-electron chi connectivity index (χ1n) is 8.43. The Balaban J connectivity index is 1.92. The van der Waals surface area contributed by atoms with Crippen LogP contribution in [0.15, 0.2) is 41.5 Å². The smallest absolute Gasteiger partial charge is 0.273 e. The molecule has 29 heavy (non-hydrogen) atoms. The van der Waals surface area contributed by atoms with Gasteiger partial charge >= 0.3 is 0 Å². The fraction of sp³-hybridized carbons (Fsp3) is 0.211. The van der Waals surface area contributed by atoms with Crippen LogP contribution in [-0.2, 0) is 4.79 Å². The maximum Gasteiger partial charge on any atom is 0.273 e. The second kappa shape index (κ2) is 9.83. The van der Waals surface area contributed by atoms with E-state index in [-0.39, 0.29) is 17.8 Å². The molecule has 10 heteroatoms. The van der Waals surface area contributed by atoms with Gasteiger partial charge in [-0.2, -0.15) is 5.10 Å². The van der Waals surface area contributed by atoms with E-state index in [0.717, 1.165) is 6.07 Å². The molecule has 0 atom stereocenters. The van der Waals surface area contributed by atoms with Gasteiger partial charge in [0.15, 0.2) is 0 Å². The van der Waals surface area contributed by atoms with Crippen LogP contribution in [0.3, 0.4) is 0 Å². The van der Waals surface area contributed by atoms with Crippen LogP contribution in [0, 0.1) is 17.0 Å². The van der Waals surface area contributed by atoms with Crippen LogP contribution < -0.4 is 20.2 Å². The maximum atomic E-state index is 12.1. The monoisotopic (exact) mass is 400 g/mol.